The molecule has 0 atom stereocenters. The predicted molar refractivity (Wildman–Crippen MR) is 135 cm³/mol. The smallest absolute Gasteiger partial charge is 0.268 e. The second-order valence-electron chi connectivity index (χ2n) is 5.86. The normalized spacial score (nSPS) is 10.1. The number of para-hydroxylation sites is 2. The van der Waals surface area contributed by atoms with Gasteiger partial charge in [0.2, 0.25) is 6.41 Å². The van der Waals surface area contributed by atoms with E-state index in [0.29, 0.717) is 17.7 Å². The Hall–Kier alpha value is -3.18. The van der Waals surface area contributed by atoms with Crippen LogP contribution in [0, 0.1) is 0 Å². The van der Waals surface area contributed by atoms with Gasteiger partial charge in [0.25, 0.3) is 5.91 Å². The molecule has 0 aliphatic rings. The highest BCUT2D eigenvalue weighted by molar-refractivity contribution is 6.04. The minimum Gasteiger partial charge on any atom is -0.329 e. The number of anilines is 2. The lowest BCUT2D eigenvalue weighted by molar-refractivity contribution is -0.115. The van der Waals surface area contributed by atoms with Crippen molar-refractivity contribution < 1.29 is 9.59 Å². The summed E-state index contributed by atoms with van der Waals surface area (Å²) >= 11 is 0. The van der Waals surface area contributed by atoms with Gasteiger partial charge >= 0.3 is 0 Å². The lowest BCUT2D eigenvalue weighted by Gasteiger charge is -2.16. The maximum atomic E-state index is 12.0. The van der Waals surface area contributed by atoms with Crippen LogP contribution < -0.4 is 16.2 Å². The summed E-state index contributed by atoms with van der Waals surface area (Å²) < 4.78 is 0. The van der Waals surface area contributed by atoms with Gasteiger partial charge in [0.15, 0.2) is 0 Å². The Balaban J connectivity index is 0. The molecule has 5 nitrogen and oxygen atoms in total. The van der Waals surface area contributed by atoms with Gasteiger partial charge in [-0.05, 0) is 44.5 Å². The topological polar surface area (TPSA) is 75.4 Å². The second kappa shape index (κ2) is 20.1. The minimum absolute atomic E-state index is 0.193. The number of rotatable bonds is 6. The van der Waals surface area contributed by atoms with Crippen LogP contribution in [0.5, 0.6) is 0 Å². The molecule has 2 aromatic carbocycles. The second-order valence-corrected chi connectivity index (χ2v) is 5.86. The largest absolute Gasteiger partial charge is 0.329 e. The third kappa shape index (κ3) is 13.6. The molecule has 5 heteroatoms. The van der Waals surface area contributed by atoms with Crippen LogP contribution in [0.3, 0.4) is 0 Å². The van der Waals surface area contributed by atoms with Crippen molar-refractivity contribution in [3.63, 3.8) is 0 Å². The van der Waals surface area contributed by atoms with Crippen LogP contribution >= 0.6 is 0 Å². The molecule has 0 heterocycles. The van der Waals surface area contributed by atoms with Gasteiger partial charge in [-0.15, -0.1) is 0 Å². The Kier molecular flexibility index (Phi) is 19.5. The van der Waals surface area contributed by atoms with Crippen LogP contribution in [0.2, 0.25) is 0 Å². The zero-order valence-corrected chi connectivity index (χ0v) is 20.1. The molecule has 0 aromatic heterocycles. The van der Waals surface area contributed by atoms with Gasteiger partial charge in [0.05, 0.1) is 5.69 Å². The van der Waals surface area contributed by atoms with Crippen molar-refractivity contribution in [2.24, 2.45) is 5.84 Å². The minimum atomic E-state index is -0.193. The maximum absolute atomic E-state index is 12.0. The summed E-state index contributed by atoms with van der Waals surface area (Å²) in [6, 6.07) is 18.5. The van der Waals surface area contributed by atoms with Crippen molar-refractivity contribution in [1.29, 1.82) is 0 Å². The molecule has 0 saturated carbocycles. The number of benzene rings is 2. The lowest BCUT2D eigenvalue weighted by Crippen LogP contribution is -2.37. The predicted octanol–water partition coefficient (Wildman–Crippen LogP) is 6.50. The quantitative estimate of drug-likeness (QED) is 0.138. The molecule has 0 unspecified atom stereocenters. The van der Waals surface area contributed by atoms with E-state index in [4.69, 9.17) is 5.84 Å². The maximum Gasteiger partial charge on any atom is 0.268 e. The molecule has 0 spiro atoms. The highest BCUT2D eigenvalue weighted by Crippen LogP contribution is 2.12. The highest BCUT2D eigenvalue weighted by Gasteiger charge is 2.12. The third-order valence-electron chi connectivity index (χ3n) is 3.77. The van der Waals surface area contributed by atoms with Gasteiger partial charge in [-0.2, -0.15) is 0 Å². The molecular formula is C26H39N3O2. The summed E-state index contributed by atoms with van der Waals surface area (Å²) in [6.45, 7) is 13.9. The van der Waals surface area contributed by atoms with Crippen molar-refractivity contribution in [1.82, 2.24) is 0 Å². The monoisotopic (exact) mass is 425 g/mol. The molecule has 2 amide bonds. The number of amides is 2. The van der Waals surface area contributed by atoms with Crippen molar-refractivity contribution in [2.45, 2.75) is 54.9 Å². The molecule has 0 radical (unpaired) electrons. The molecule has 0 bridgehead atoms. The Morgan fingerprint density at radius 2 is 1.39 bits per heavy atom. The zero-order chi connectivity index (χ0) is 24.1. The van der Waals surface area contributed by atoms with Gasteiger partial charge in [0, 0.05) is 11.3 Å². The molecular weight excluding hydrogens is 386 g/mol. The number of hydrogen-bond donors (Lipinski definition) is 2. The number of hydrazine groups is 1. The summed E-state index contributed by atoms with van der Waals surface area (Å²) in [5, 5.41) is 3.69. The molecule has 3 N–H and O–H groups in total. The van der Waals surface area contributed by atoms with E-state index in [1.54, 1.807) is 19.1 Å². The van der Waals surface area contributed by atoms with Crippen molar-refractivity contribution in [3.8, 4) is 0 Å². The summed E-state index contributed by atoms with van der Waals surface area (Å²) in [6.07, 6.45) is 5.40. The van der Waals surface area contributed by atoms with Crippen LogP contribution in [0.25, 0.3) is 0 Å². The fourth-order valence-electron chi connectivity index (χ4n) is 1.95. The van der Waals surface area contributed by atoms with Gasteiger partial charge in [-0.3, -0.25) is 9.59 Å². The molecule has 31 heavy (non-hydrogen) atoms. The van der Waals surface area contributed by atoms with E-state index in [0.717, 1.165) is 12.1 Å². The number of hydrogen-bond acceptors (Lipinski definition) is 3. The van der Waals surface area contributed by atoms with E-state index in [1.165, 1.54) is 10.6 Å². The lowest BCUT2D eigenvalue weighted by atomic mass is 10.1. The fraction of sp³-hybridized carbons (Fsp3) is 0.308. The van der Waals surface area contributed by atoms with Crippen LogP contribution in [0.15, 0.2) is 84.0 Å². The molecule has 0 saturated heterocycles. The van der Waals surface area contributed by atoms with Crippen molar-refractivity contribution in [2.75, 3.05) is 10.3 Å². The van der Waals surface area contributed by atoms with E-state index < -0.39 is 0 Å². The fourth-order valence-corrected chi connectivity index (χ4v) is 1.95. The highest BCUT2D eigenvalue weighted by atomic mass is 16.2. The van der Waals surface area contributed by atoms with Crippen molar-refractivity contribution >= 4 is 23.7 Å². The average molecular weight is 426 g/mol. The van der Waals surface area contributed by atoms with Crippen LogP contribution in [-0.4, -0.2) is 12.3 Å². The molecule has 2 aromatic rings. The first-order valence-electron chi connectivity index (χ1n) is 10.7. The van der Waals surface area contributed by atoms with E-state index in [2.05, 4.69) is 12.2 Å². The standard InChI is InChI=1S/C15H20N2O.C7H7NO.2C2H6/c1-4-12(2)10-11-13(3)15(18)17(16)14-8-6-5-7-9-14;9-6-8-7-4-2-1-3-5-7;2*1-2/h5-11H,4,16H2,1-3H3;1-6H,(H,8,9);2*1-2H3/b12-10-,13-11+;;;. The van der Waals surface area contributed by atoms with E-state index >= 15 is 0 Å². The third-order valence-corrected chi connectivity index (χ3v) is 3.77. The molecule has 0 fully saturated rings. The van der Waals surface area contributed by atoms with Gasteiger partial charge in [-0.25, -0.2) is 10.9 Å². The number of allylic oxidation sites excluding steroid dienone is 3. The zero-order valence-electron chi connectivity index (χ0n) is 20.1. The molecule has 0 aliphatic heterocycles. The first-order valence-corrected chi connectivity index (χ1v) is 10.7. The van der Waals surface area contributed by atoms with Gasteiger partial charge in [-0.1, -0.05) is 88.7 Å². The number of carbonyl (C=O) groups is 2. The summed E-state index contributed by atoms with van der Waals surface area (Å²) in [5.74, 6) is 5.61. The van der Waals surface area contributed by atoms with Crippen LogP contribution in [0.4, 0.5) is 11.4 Å². The van der Waals surface area contributed by atoms with Crippen molar-refractivity contribution in [3.05, 3.63) is 84.0 Å². The van der Waals surface area contributed by atoms with Gasteiger partial charge in [0.1, 0.15) is 0 Å². The number of carbonyl (C=O) groups excluding carboxylic acids is 2. The Morgan fingerprint density at radius 1 is 0.903 bits per heavy atom. The first kappa shape index (κ1) is 30.0. The SMILES string of the molecule is CC.CC.CC/C(C)=C\C=C(/C)C(=O)N(N)c1ccccc1.O=CNc1ccccc1. The molecule has 2 rings (SSSR count). The summed E-state index contributed by atoms with van der Waals surface area (Å²) in [5.41, 5.74) is 3.36. The Morgan fingerprint density at radius 3 is 1.84 bits per heavy atom. The molecule has 0 aliphatic carbocycles. The number of nitrogens with two attached hydrogens (primary N) is 1. The van der Waals surface area contributed by atoms with Gasteiger partial charge < -0.3 is 5.32 Å². The number of nitrogens with zero attached hydrogens (tertiary/aromatic N) is 1. The van der Waals surface area contributed by atoms with E-state index in [9.17, 15) is 9.59 Å². The Labute approximate surface area is 188 Å². The summed E-state index contributed by atoms with van der Waals surface area (Å²) in [4.78, 5) is 21.9. The average Bonchev–Trinajstić information content (AvgIpc) is 2.85. The number of nitrogens with one attached hydrogen (secondary N) is 1. The Bertz CT molecular complexity index is 770. The van der Waals surface area contributed by atoms with Crippen LogP contribution in [-0.2, 0) is 9.59 Å². The summed E-state index contributed by atoms with van der Waals surface area (Å²) in [7, 11) is 0. The first-order chi connectivity index (χ1) is 15.0. The molecule has 170 valence electrons. The van der Waals surface area contributed by atoms with E-state index in [-0.39, 0.29) is 5.91 Å². The van der Waals surface area contributed by atoms with Crippen LogP contribution in [0.1, 0.15) is 54.9 Å². The van der Waals surface area contributed by atoms with E-state index in [1.807, 2.05) is 95.3 Å².